The first-order chi connectivity index (χ1) is 12.9. The number of fused-ring (bicyclic) bond motifs is 1. The summed E-state index contributed by atoms with van der Waals surface area (Å²) in [5.74, 6) is -0.823. The highest BCUT2D eigenvalue weighted by Crippen LogP contribution is 2.28. The fraction of sp³-hybridized carbons (Fsp3) is 0.368. The lowest BCUT2D eigenvalue weighted by Crippen LogP contribution is -2.39. The molecular formula is C19H22N4O3S. The lowest BCUT2D eigenvalue weighted by atomic mass is 10.1. The number of carbonyl (C=O) groups is 2. The van der Waals surface area contributed by atoms with Gasteiger partial charge in [0.25, 0.3) is 5.91 Å². The summed E-state index contributed by atoms with van der Waals surface area (Å²) in [7, 11) is 0. The van der Waals surface area contributed by atoms with Gasteiger partial charge in [-0.3, -0.25) is 4.79 Å². The number of thiophene rings is 1. The Morgan fingerprint density at radius 3 is 2.74 bits per heavy atom. The standard InChI is InChI=1S/C19H22N4O3S/c1-5-26-19(25)12(4)21-18(24)13-9-15(16-7-6-8-27-16)22-17-14(13)10-20-23(17)11(2)3/h6-12H,5H2,1-4H3,(H,21,24). The number of hydrogen-bond donors (Lipinski definition) is 1. The van der Waals surface area contributed by atoms with E-state index in [4.69, 9.17) is 9.72 Å². The molecule has 0 bridgehead atoms. The van der Waals surface area contributed by atoms with Crippen LogP contribution >= 0.6 is 11.3 Å². The minimum absolute atomic E-state index is 0.1000. The molecule has 0 aliphatic rings. The van der Waals surface area contributed by atoms with E-state index in [9.17, 15) is 9.59 Å². The second-order valence-corrected chi connectivity index (χ2v) is 7.35. The first kappa shape index (κ1) is 19.0. The molecule has 8 heteroatoms. The number of nitrogens with one attached hydrogen (secondary N) is 1. The maximum Gasteiger partial charge on any atom is 0.328 e. The topological polar surface area (TPSA) is 86.1 Å². The summed E-state index contributed by atoms with van der Waals surface area (Å²) in [5.41, 5.74) is 1.78. The van der Waals surface area contributed by atoms with Gasteiger partial charge in [-0.2, -0.15) is 5.10 Å². The molecule has 0 aliphatic carbocycles. The number of amides is 1. The van der Waals surface area contributed by atoms with Crippen LogP contribution in [0.2, 0.25) is 0 Å². The molecule has 1 amide bonds. The van der Waals surface area contributed by atoms with Crippen LogP contribution in [0.3, 0.4) is 0 Å². The van der Waals surface area contributed by atoms with E-state index in [0.29, 0.717) is 22.3 Å². The summed E-state index contributed by atoms with van der Waals surface area (Å²) < 4.78 is 6.75. The Hall–Kier alpha value is -2.74. The zero-order valence-corrected chi connectivity index (χ0v) is 16.5. The van der Waals surface area contributed by atoms with Gasteiger partial charge in [-0.05, 0) is 45.2 Å². The normalized spacial score (nSPS) is 12.3. The first-order valence-corrected chi connectivity index (χ1v) is 9.70. The summed E-state index contributed by atoms with van der Waals surface area (Å²) in [6.07, 6.45) is 1.64. The third kappa shape index (κ3) is 3.85. The predicted molar refractivity (Wildman–Crippen MR) is 105 cm³/mol. The lowest BCUT2D eigenvalue weighted by molar-refractivity contribution is -0.144. The van der Waals surface area contributed by atoms with Crippen molar-refractivity contribution < 1.29 is 14.3 Å². The van der Waals surface area contributed by atoms with Crippen molar-refractivity contribution >= 4 is 34.2 Å². The summed E-state index contributed by atoms with van der Waals surface area (Å²) in [6, 6.07) is 4.99. The Morgan fingerprint density at radius 1 is 1.33 bits per heavy atom. The molecule has 0 spiro atoms. The van der Waals surface area contributed by atoms with Gasteiger partial charge in [0.2, 0.25) is 0 Å². The van der Waals surface area contributed by atoms with Crippen LogP contribution in [0.25, 0.3) is 21.6 Å². The SMILES string of the molecule is CCOC(=O)C(C)NC(=O)c1cc(-c2cccs2)nc2c1cnn2C(C)C. The van der Waals surface area contributed by atoms with Gasteiger partial charge >= 0.3 is 5.97 Å². The third-order valence-electron chi connectivity index (χ3n) is 4.06. The number of hydrogen-bond acceptors (Lipinski definition) is 6. The van der Waals surface area contributed by atoms with Crippen LogP contribution < -0.4 is 5.32 Å². The van der Waals surface area contributed by atoms with Crippen LogP contribution in [0.4, 0.5) is 0 Å². The maximum absolute atomic E-state index is 12.9. The van der Waals surface area contributed by atoms with Crippen molar-refractivity contribution in [1.82, 2.24) is 20.1 Å². The largest absolute Gasteiger partial charge is 0.464 e. The summed E-state index contributed by atoms with van der Waals surface area (Å²) in [5, 5.41) is 9.71. The summed E-state index contributed by atoms with van der Waals surface area (Å²) in [6.45, 7) is 7.61. The van der Waals surface area contributed by atoms with Crippen molar-refractivity contribution in [3.05, 3.63) is 35.3 Å². The number of aromatic nitrogens is 3. The van der Waals surface area contributed by atoms with E-state index in [-0.39, 0.29) is 18.6 Å². The Kier molecular flexibility index (Phi) is 5.55. The highest BCUT2D eigenvalue weighted by molar-refractivity contribution is 7.13. The Bertz CT molecular complexity index is 963. The van der Waals surface area contributed by atoms with Crippen LogP contribution in [0.1, 0.15) is 44.1 Å². The Labute approximate surface area is 161 Å². The van der Waals surface area contributed by atoms with Crippen LogP contribution in [0.15, 0.2) is 29.8 Å². The quantitative estimate of drug-likeness (QED) is 0.656. The van der Waals surface area contributed by atoms with Gasteiger partial charge in [0.05, 0.1) is 34.3 Å². The van der Waals surface area contributed by atoms with Gasteiger partial charge in [-0.25, -0.2) is 14.5 Å². The molecule has 0 aliphatic heterocycles. The van der Waals surface area contributed by atoms with Crippen molar-refractivity contribution in [2.45, 2.75) is 39.8 Å². The van der Waals surface area contributed by atoms with Gasteiger partial charge in [-0.15, -0.1) is 11.3 Å². The number of pyridine rings is 1. The lowest BCUT2D eigenvalue weighted by Gasteiger charge is -2.14. The highest BCUT2D eigenvalue weighted by atomic mass is 32.1. The monoisotopic (exact) mass is 386 g/mol. The molecule has 142 valence electrons. The van der Waals surface area contributed by atoms with E-state index in [1.54, 1.807) is 42.1 Å². The molecular weight excluding hydrogens is 364 g/mol. The molecule has 0 radical (unpaired) electrons. The number of carbonyl (C=O) groups excluding carboxylic acids is 2. The summed E-state index contributed by atoms with van der Waals surface area (Å²) in [4.78, 5) is 30.4. The van der Waals surface area contributed by atoms with Crippen LogP contribution in [0.5, 0.6) is 0 Å². The number of nitrogens with zero attached hydrogens (tertiary/aromatic N) is 3. The van der Waals surface area contributed by atoms with E-state index in [0.717, 1.165) is 4.88 Å². The molecule has 3 aromatic rings. The van der Waals surface area contributed by atoms with Gasteiger partial charge in [0.15, 0.2) is 5.65 Å². The summed E-state index contributed by atoms with van der Waals surface area (Å²) >= 11 is 1.55. The molecule has 27 heavy (non-hydrogen) atoms. The molecule has 3 aromatic heterocycles. The van der Waals surface area contributed by atoms with Crippen LogP contribution in [-0.4, -0.2) is 39.3 Å². The third-order valence-corrected chi connectivity index (χ3v) is 4.95. The van der Waals surface area contributed by atoms with Crippen LogP contribution in [0, 0.1) is 0 Å². The molecule has 0 fully saturated rings. The highest BCUT2D eigenvalue weighted by Gasteiger charge is 2.22. The molecule has 0 saturated heterocycles. The van der Waals surface area contributed by atoms with E-state index in [1.165, 1.54) is 0 Å². The number of esters is 1. The van der Waals surface area contributed by atoms with Crippen molar-refractivity contribution in [1.29, 1.82) is 0 Å². The molecule has 0 aromatic carbocycles. The molecule has 1 N–H and O–H groups in total. The average Bonchev–Trinajstić information content (AvgIpc) is 3.30. The fourth-order valence-electron chi connectivity index (χ4n) is 2.73. The zero-order chi connectivity index (χ0) is 19.6. The van der Waals surface area contributed by atoms with Crippen molar-refractivity contribution in [2.75, 3.05) is 6.61 Å². The van der Waals surface area contributed by atoms with E-state index in [1.807, 2.05) is 31.4 Å². The van der Waals surface area contributed by atoms with Gasteiger partial charge in [0, 0.05) is 6.04 Å². The Balaban J connectivity index is 2.05. The average molecular weight is 386 g/mol. The minimum atomic E-state index is -0.744. The molecule has 1 unspecified atom stereocenters. The zero-order valence-electron chi connectivity index (χ0n) is 15.7. The molecule has 0 saturated carbocycles. The van der Waals surface area contributed by atoms with E-state index < -0.39 is 12.0 Å². The van der Waals surface area contributed by atoms with Crippen molar-refractivity contribution in [3.63, 3.8) is 0 Å². The van der Waals surface area contributed by atoms with Gasteiger partial charge in [-0.1, -0.05) is 6.07 Å². The number of rotatable bonds is 6. The molecule has 1 atom stereocenters. The minimum Gasteiger partial charge on any atom is -0.464 e. The second kappa shape index (κ2) is 7.87. The van der Waals surface area contributed by atoms with Crippen molar-refractivity contribution in [3.8, 4) is 10.6 Å². The first-order valence-electron chi connectivity index (χ1n) is 8.82. The smallest absolute Gasteiger partial charge is 0.328 e. The number of ether oxygens (including phenoxy) is 1. The Morgan fingerprint density at radius 2 is 2.11 bits per heavy atom. The van der Waals surface area contributed by atoms with Crippen molar-refractivity contribution in [2.24, 2.45) is 0 Å². The second-order valence-electron chi connectivity index (χ2n) is 6.40. The fourth-order valence-corrected chi connectivity index (χ4v) is 3.42. The van der Waals surface area contributed by atoms with Gasteiger partial charge in [0.1, 0.15) is 6.04 Å². The van der Waals surface area contributed by atoms with E-state index in [2.05, 4.69) is 10.4 Å². The van der Waals surface area contributed by atoms with Gasteiger partial charge < -0.3 is 10.1 Å². The molecule has 7 nitrogen and oxygen atoms in total. The maximum atomic E-state index is 12.9. The molecule has 3 heterocycles. The van der Waals surface area contributed by atoms with E-state index >= 15 is 0 Å². The predicted octanol–water partition coefficient (Wildman–Crippen LogP) is 3.42. The van der Waals surface area contributed by atoms with Crippen LogP contribution in [-0.2, 0) is 9.53 Å². The molecule has 3 rings (SSSR count).